The van der Waals surface area contributed by atoms with Gasteiger partial charge in [0.2, 0.25) is 0 Å². The van der Waals surface area contributed by atoms with Gasteiger partial charge in [0, 0.05) is 12.0 Å². The number of benzene rings is 2. The van der Waals surface area contributed by atoms with Gasteiger partial charge in [-0.05, 0) is 23.3 Å². The largest absolute Gasteiger partial charge is 0.492 e. The van der Waals surface area contributed by atoms with Gasteiger partial charge < -0.3 is 14.7 Å². The summed E-state index contributed by atoms with van der Waals surface area (Å²) in [5, 5.41) is 13.3. The maximum absolute atomic E-state index is 9.00. The zero-order valence-electron chi connectivity index (χ0n) is 11.7. The minimum atomic E-state index is 0.0558. The lowest BCUT2D eigenvalue weighted by Crippen LogP contribution is -2.16. The average Bonchev–Trinajstić information content (AvgIpc) is 2.56. The first-order valence-electron chi connectivity index (χ1n) is 6.96. The summed E-state index contributed by atoms with van der Waals surface area (Å²) in [6, 6.07) is 15.5. The molecule has 0 saturated carbocycles. The van der Waals surface area contributed by atoms with Crippen LogP contribution in [0, 0.1) is 0 Å². The minimum absolute atomic E-state index is 0.0558. The van der Waals surface area contributed by atoms with Crippen LogP contribution < -0.4 is 4.74 Å². The van der Waals surface area contributed by atoms with Crippen LogP contribution >= 0.6 is 0 Å². The number of fused-ring (bicyclic) bond motifs is 1. The molecule has 1 N–H and O–H groups in total. The summed E-state index contributed by atoms with van der Waals surface area (Å²) in [5.74, 6) is 0.860. The van der Waals surface area contributed by atoms with Gasteiger partial charge in [0.15, 0.2) is 0 Å². The smallest absolute Gasteiger partial charge is 0.142 e. The SMILES string of the molecule is OCc1ccc(CO/N=C2/CCOc3ccccc32)cc1. The number of aliphatic hydroxyl groups is 1. The van der Waals surface area contributed by atoms with Crippen LogP contribution in [0.4, 0.5) is 0 Å². The van der Waals surface area contributed by atoms with Crippen molar-refractivity contribution in [2.24, 2.45) is 5.16 Å². The van der Waals surface area contributed by atoms with Gasteiger partial charge in [0.05, 0.1) is 18.9 Å². The van der Waals surface area contributed by atoms with Crippen molar-refractivity contribution in [3.05, 3.63) is 65.2 Å². The highest BCUT2D eigenvalue weighted by Crippen LogP contribution is 2.24. The molecule has 0 fully saturated rings. The molecule has 3 rings (SSSR count). The molecule has 2 aromatic carbocycles. The second kappa shape index (κ2) is 6.41. The summed E-state index contributed by atoms with van der Waals surface area (Å²) < 4.78 is 5.58. The fraction of sp³-hybridized carbons (Fsp3) is 0.235. The molecule has 108 valence electrons. The summed E-state index contributed by atoms with van der Waals surface area (Å²) in [5.41, 5.74) is 3.84. The number of nitrogens with zero attached hydrogens (tertiary/aromatic N) is 1. The molecular weight excluding hydrogens is 266 g/mol. The van der Waals surface area contributed by atoms with Crippen molar-refractivity contribution >= 4 is 5.71 Å². The molecule has 0 unspecified atom stereocenters. The van der Waals surface area contributed by atoms with E-state index in [1.807, 2.05) is 48.5 Å². The summed E-state index contributed by atoms with van der Waals surface area (Å²) in [4.78, 5) is 5.46. The lowest BCUT2D eigenvalue weighted by molar-refractivity contribution is 0.129. The highest BCUT2D eigenvalue weighted by molar-refractivity contribution is 6.03. The molecule has 1 aliphatic heterocycles. The van der Waals surface area contributed by atoms with Gasteiger partial charge in [0.1, 0.15) is 12.4 Å². The van der Waals surface area contributed by atoms with Crippen LogP contribution in [0.5, 0.6) is 5.75 Å². The molecule has 4 nitrogen and oxygen atoms in total. The van der Waals surface area contributed by atoms with E-state index in [1.54, 1.807) is 0 Å². The molecule has 0 bridgehead atoms. The van der Waals surface area contributed by atoms with E-state index in [9.17, 15) is 0 Å². The van der Waals surface area contributed by atoms with Crippen LogP contribution in [0.2, 0.25) is 0 Å². The molecule has 0 aliphatic carbocycles. The number of rotatable bonds is 4. The van der Waals surface area contributed by atoms with Gasteiger partial charge in [-0.15, -0.1) is 0 Å². The third-order valence-electron chi connectivity index (χ3n) is 3.41. The van der Waals surface area contributed by atoms with Crippen LogP contribution in [-0.2, 0) is 18.1 Å². The van der Waals surface area contributed by atoms with Crippen molar-refractivity contribution in [1.82, 2.24) is 0 Å². The second-order valence-electron chi connectivity index (χ2n) is 4.88. The quantitative estimate of drug-likeness (QED) is 0.878. The Hall–Kier alpha value is -2.33. The Morgan fingerprint density at radius 3 is 2.62 bits per heavy atom. The highest BCUT2D eigenvalue weighted by Gasteiger charge is 2.16. The Kier molecular flexibility index (Phi) is 4.17. The maximum atomic E-state index is 9.00. The highest BCUT2D eigenvalue weighted by atomic mass is 16.6. The van der Waals surface area contributed by atoms with E-state index in [0.717, 1.165) is 34.6 Å². The molecule has 0 atom stereocenters. The van der Waals surface area contributed by atoms with Gasteiger partial charge >= 0.3 is 0 Å². The fourth-order valence-corrected chi connectivity index (χ4v) is 2.24. The van der Waals surface area contributed by atoms with Crippen LogP contribution in [-0.4, -0.2) is 17.4 Å². The molecule has 0 spiro atoms. The molecule has 2 aromatic rings. The summed E-state index contributed by atoms with van der Waals surface area (Å²) in [6.45, 7) is 1.10. The molecule has 0 saturated heterocycles. The van der Waals surface area contributed by atoms with E-state index in [-0.39, 0.29) is 6.61 Å². The van der Waals surface area contributed by atoms with Crippen LogP contribution in [0.1, 0.15) is 23.1 Å². The molecule has 21 heavy (non-hydrogen) atoms. The lowest BCUT2D eigenvalue weighted by Gasteiger charge is -2.18. The van der Waals surface area contributed by atoms with E-state index in [1.165, 1.54) is 0 Å². The standard InChI is InChI=1S/C17H17NO3/c19-11-13-5-7-14(8-6-13)12-21-18-16-9-10-20-17-4-2-1-3-15(16)17/h1-8,19H,9-12H2/b18-16-. The van der Waals surface area contributed by atoms with E-state index >= 15 is 0 Å². The number of oxime groups is 1. The predicted octanol–water partition coefficient (Wildman–Crippen LogP) is 2.88. The third-order valence-corrected chi connectivity index (χ3v) is 3.41. The summed E-state index contributed by atoms with van der Waals surface area (Å²) >= 11 is 0. The molecule has 4 heteroatoms. The first-order valence-corrected chi connectivity index (χ1v) is 6.96. The van der Waals surface area contributed by atoms with E-state index < -0.39 is 0 Å². The Morgan fingerprint density at radius 2 is 1.81 bits per heavy atom. The summed E-state index contributed by atoms with van der Waals surface area (Å²) in [6.07, 6.45) is 0.750. The first-order chi connectivity index (χ1) is 10.4. The Morgan fingerprint density at radius 1 is 1.05 bits per heavy atom. The molecule has 0 amide bonds. The monoisotopic (exact) mass is 283 g/mol. The maximum Gasteiger partial charge on any atom is 0.142 e. The molecule has 1 heterocycles. The van der Waals surface area contributed by atoms with E-state index in [4.69, 9.17) is 14.7 Å². The Labute approximate surface area is 123 Å². The number of para-hydroxylation sites is 1. The van der Waals surface area contributed by atoms with Crippen LogP contribution in [0.25, 0.3) is 0 Å². The number of aliphatic hydroxyl groups excluding tert-OH is 1. The number of ether oxygens (including phenoxy) is 1. The Balaban J connectivity index is 1.66. The normalized spacial score (nSPS) is 15.4. The first kappa shape index (κ1) is 13.6. The van der Waals surface area contributed by atoms with Crippen molar-refractivity contribution in [1.29, 1.82) is 0 Å². The second-order valence-corrected chi connectivity index (χ2v) is 4.88. The van der Waals surface area contributed by atoms with E-state index in [0.29, 0.717) is 13.2 Å². The van der Waals surface area contributed by atoms with Crippen molar-refractivity contribution < 1.29 is 14.7 Å². The fourth-order valence-electron chi connectivity index (χ4n) is 2.24. The summed E-state index contributed by atoms with van der Waals surface area (Å²) in [7, 11) is 0. The number of hydrogen-bond acceptors (Lipinski definition) is 4. The number of hydrogen-bond donors (Lipinski definition) is 1. The third kappa shape index (κ3) is 3.23. The predicted molar refractivity (Wildman–Crippen MR) is 80.2 cm³/mol. The zero-order chi connectivity index (χ0) is 14.5. The topological polar surface area (TPSA) is 51.0 Å². The molecular formula is C17H17NO3. The lowest BCUT2D eigenvalue weighted by atomic mass is 10.0. The van der Waals surface area contributed by atoms with Gasteiger partial charge in [-0.25, -0.2) is 0 Å². The molecule has 1 aliphatic rings. The van der Waals surface area contributed by atoms with Crippen molar-refractivity contribution in [3.63, 3.8) is 0 Å². The molecule has 0 aromatic heterocycles. The van der Waals surface area contributed by atoms with Crippen molar-refractivity contribution in [2.45, 2.75) is 19.6 Å². The van der Waals surface area contributed by atoms with E-state index in [2.05, 4.69) is 5.16 Å². The van der Waals surface area contributed by atoms with Gasteiger partial charge in [-0.3, -0.25) is 0 Å². The van der Waals surface area contributed by atoms with Crippen LogP contribution in [0.3, 0.4) is 0 Å². The molecule has 0 radical (unpaired) electrons. The van der Waals surface area contributed by atoms with Crippen molar-refractivity contribution in [3.8, 4) is 5.75 Å². The zero-order valence-corrected chi connectivity index (χ0v) is 11.7. The van der Waals surface area contributed by atoms with Gasteiger partial charge in [0.25, 0.3) is 0 Å². The average molecular weight is 283 g/mol. The van der Waals surface area contributed by atoms with Crippen LogP contribution in [0.15, 0.2) is 53.7 Å². The Bertz CT molecular complexity index is 635. The van der Waals surface area contributed by atoms with Gasteiger partial charge in [-0.2, -0.15) is 0 Å². The van der Waals surface area contributed by atoms with Gasteiger partial charge in [-0.1, -0.05) is 41.6 Å². The minimum Gasteiger partial charge on any atom is -0.492 e. The van der Waals surface area contributed by atoms with Crippen molar-refractivity contribution in [2.75, 3.05) is 6.61 Å².